The van der Waals surface area contributed by atoms with Crippen molar-refractivity contribution >= 4 is 22.4 Å². The van der Waals surface area contributed by atoms with E-state index in [1.165, 1.54) is 0 Å². The second-order valence-corrected chi connectivity index (χ2v) is 7.01. The Labute approximate surface area is 155 Å². The average Bonchev–Trinajstić information content (AvgIpc) is 3.35. The van der Waals surface area contributed by atoms with Crippen LogP contribution in [0.2, 0.25) is 0 Å². The first-order valence-electron chi connectivity index (χ1n) is 8.89. The van der Waals surface area contributed by atoms with E-state index in [1.54, 1.807) is 16.8 Å². The van der Waals surface area contributed by atoms with Gasteiger partial charge in [0.15, 0.2) is 11.4 Å². The van der Waals surface area contributed by atoms with Gasteiger partial charge >= 0.3 is 0 Å². The molecule has 3 heterocycles. The molecule has 0 spiro atoms. The normalized spacial score (nSPS) is 25.4. The highest BCUT2D eigenvalue weighted by Gasteiger charge is 2.39. The molecule has 7 nitrogen and oxygen atoms in total. The van der Waals surface area contributed by atoms with Crippen LogP contribution < -0.4 is 5.32 Å². The number of para-hydroxylation sites is 1. The summed E-state index contributed by atoms with van der Waals surface area (Å²) < 4.78 is 7.58. The quantitative estimate of drug-likeness (QED) is 0.518. The van der Waals surface area contributed by atoms with Crippen molar-refractivity contribution in [2.24, 2.45) is 5.92 Å². The summed E-state index contributed by atoms with van der Waals surface area (Å²) in [4.78, 5) is 4.36. The average molecular weight is 363 g/mol. The molecule has 0 amide bonds. The molecule has 137 valence electrons. The van der Waals surface area contributed by atoms with E-state index >= 15 is 0 Å². The van der Waals surface area contributed by atoms with Gasteiger partial charge < -0.3 is 19.9 Å². The molecule has 1 aliphatic rings. The van der Waals surface area contributed by atoms with Crippen molar-refractivity contribution in [3.05, 3.63) is 55.6 Å². The molecule has 0 saturated heterocycles. The Hall–Kier alpha value is -2.90. The molecule has 1 radical (unpaired) electrons. The minimum Gasteiger partial charge on any atom is -0.454 e. The Morgan fingerprint density at radius 3 is 2.78 bits per heavy atom. The Balaban J connectivity index is 1.52. The summed E-state index contributed by atoms with van der Waals surface area (Å²) in [5, 5.41) is 29.1. The van der Waals surface area contributed by atoms with Crippen LogP contribution in [0.3, 0.4) is 0 Å². The van der Waals surface area contributed by atoms with Gasteiger partial charge in [-0.15, -0.1) is 0 Å². The summed E-state index contributed by atoms with van der Waals surface area (Å²) in [5.41, 5.74) is 2.14. The molecule has 3 aromatic heterocycles. The molecule has 0 aliphatic heterocycles. The third kappa shape index (κ3) is 2.67. The molecule has 3 N–H and O–H groups in total. The lowest BCUT2D eigenvalue weighted by molar-refractivity contribution is 0.0256. The van der Waals surface area contributed by atoms with Gasteiger partial charge in [0, 0.05) is 17.6 Å². The lowest BCUT2D eigenvalue weighted by Gasteiger charge is -2.19. The summed E-state index contributed by atoms with van der Waals surface area (Å²) in [6.07, 6.45) is 0.551. The van der Waals surface area contributed by atoms with Gasteiger partial charge in [-0.25, -0.2) is 4.98 Å². The van der Waals surface area contributed by atoms with E-state index in [0.717, 1.165) is 11.0 Å². The molecule has 4 aromatic rings. The fraction of sp³-hybridized carbons (Fsp3) is 0.250. The SMILES string of the molecule is [CH2][C@@H]1C[C@@H](Nc2ccnc3cc(-c4cc5ccccc5o4)nn23)[C@H](O)[C@@H]1O. The van der Waals surface area contributed by atoms with Crippen LogP contribution in [0.5, 0.6) is 0 Å². The maximum Gasteiger partial charge on any atom is 0.158 e. The molecular formula is C20H19N4O3. The van der Waals surface area contributed by atoms with Crippen LogP contribution in [0.15, 0.2) is 53.1 Å². The first-order chi connectivity index (χ1) is 13.1. The van der Waals surface area contributed by atoms with Crippen molar-refractivity contribution in [1.29, 1.82) is 0 Å². The molecule has 1 aliphatic carbocycles. The minimum absolute atomic E-state index is 0.210. The van der Waals surface area contributed by atoms with Gasteiger partial charge in [-0.3, -0.25) is 0 Å². The molecule has 4 atom stereocenters. The maximum absolute atomic E-state index is 10.2. The van der Waals surface area contributed by atoms with Gasteiger partial charge in [0.05, 0.1) is 12.1 Å². The predicted octanol–water partition coefficient (Wildman–Crippen LogP) is 2.50. The van der Waals surface area contributed by atoms with Crippen LogP contribution in [0.25, 0.3) is 28.1 Å². The molecule has 7 heteroatoms. The number of fused-ring (bicyclic) bond motifs is 2. The predicted molar refractivity (Wildman–Crippen MR) is 101 cm³/mol. The number of hydrogen-bond acceptors (Lipinski definition) is 6. The Bertz CT molecular complexity index is 1090. The topological polar surface area (TPSA) is 95.8 Å². The molecule has 1 saturated carbocycles. The number of furan rings is 1. The van der Waals surface area contributed by atoms with Crippen LogP contribution in [0.1, 0.15) is 6.42 Å². The summed E-state index contributed by atoms with van der Waals surface area (Å²) in [5.74, 6) is 1.15. The number of nitrogens with one attached hydrogen (secondary N) is 1. The first kappa shape index (κ1) is 16.3. The lowest BCUT2D eigenvalue weighted by Crippen LogP contribution is -2.35. The van der Waals surface area contributed by atoms with Crippen LogP contribution in [-0.2, 0) is 0 Å². The van der Waals surface area contributed by atoms with Crippen LogP contribution in [0, 0.1) is 12.8 Å². The molecule has 1 fully saturated rings. The van der Waals surface area contributed by atoms with E-state index in [-0.39, 0.29) is 12.0 Å². The highest BCUT2D eigenvalue weighted by molar-refractivity contribution is 5.82. The van der Waals surface area contributed by atoms with Gasteiger partial charge in [0.25, 0.3) is 0 Å². The highest BCUT2D eigenvalue weighted by Crippen LogP contribution is 2.30. The maximum atomic E-state index is 10.2. The van der Waals surface area contributed by atoms with Crippen molar-refractivity contribution in [1.82, 2.24) is 14.6 Å². The van der Waals surface area contributed by atoms with E-state index in [4.69, 9.17) is 4.42 Å². The molecule has 0 unspecified atom stereocenters. The number of aliphatic hydroxyl groups excluding tert-OH is 2. The molecule has 5 rings (SSSR count). The van der Waals surface area contributed by atoms with Gasteiger partial charge in [0.1, 0.15) is 23.2 Å². The van der Waals surface area contributed by atoms with Crippen molar-refractivity contribution in [2.45, 2.75) is 24.7 Å². The number of benzene rings is 1. The first-order valence-corrected chi connectivity index (χ1v) is 8.89. The van der Waals surface area contributed by atoms with Gasteiger partial charge in [-0.1, -0.05) is 18.2 Å². The summed E-state index contributed by atoms with van der Waals surface area (Å²) in [6, 6.07) is 13.1. The molecule has 27 heavy (non-hydrogen) atoms. The van der Waals surface area contributed by atoms with Crippen molar-refractivity contribution in [3.8, 4) is 11.5 Å². The Kier molecular flexibility index (Phi) is 3.66. The van der Waals surface area contributed by atoms with E-state index in [2.05, 4.69) is 22.3 Å². The van der Waals surface area contributed by atoms with Crippen LogP contribution in [0.4, 0.5) is 5.82 Å². The number of hydrogen-bond donors (Lipinski definition) is 3. The zero-order valence-corrected chi connectivity index (χ0v) is 14.5. The van der Waals surface area contributed by atoms with E-state index in [9.17, 15) is 10.2 Å². The lowest BCUT2D eigenvalue weighted by atomic mass is 10.1. The third-order valence-electron chi connectivity index (χ3n) is 5.17. The standard InChI is InChI=1S/C20H19N4O3/c1-11-8-14(20(26)19(11)25)22-17-6-7-21-18-10-13(23-24(17)18)16-9-12-4-2-3-5-15(12)27-16/h2-7,9-11,14,19-20,22,25-26H,1,8H2/t11-,14-,19-,20+/m1/s1. The van der Waals surface area contributed by atoms with Gasteiger partial charge in [0.2, 0.25) is 0 Å². The summed E-state index contributed by atoms with van der Waals surface area (Å²) >= 11 is 0. The monoisotopic (exact) mass is 363 g/mol. The number of nitrogens with zero attached hydrogens (tertiary/aromatic N) is 3. The molecular weight excluding hydrogens is 344 g/mol. The minimum atomic E-state index is -0.874. The van der Waals surface area contributed by atoms with E-state index in [1.807, 2.05) is 36.4 Å². The second kappa shape index (κ2) is 6.07. The Morgan fingerprint density at radius 2 is 2.00 bits per heavy atom. The van der Waals surface area contributed by atoms with E-state index < -0.39 is 12.2 Å². The van der Waals surface area contributed by atoms with Crippen LogP contribution in [-0.4, -0.2) is 43.1 Å². The number of anilines is 1. The van der Waals surface area contributed by atoms with Crippen molar-refractivity contribution in [3.63, 3.8) is 0 Å². The summed E-state index contributed by atoms with van der Waals surface area (Å²) in [6.45, 7) is 3.89. The van der Waals surface area contributed by atoms with Gasteiger partial charge in [-0.05, 0) is 37.5 Å². The zero-order valence-electron chi connectivity index (χ0n) is 14.5. The molecule has 1 aromatic carbocycles. The van der Waals surface area contributed by atoms with Crippen LogP contribution >= 0.6 is 0 Å². The fourth-order valence-corrected chi connectivity index (χ4v) is 3.69. The van der Waals surface area contributed by atoms with E-state index in [0.29, 0.717) is 29.3 Å². The van der Waals surface area contributed by atoms with Crippen molar-refractivity contribution < 1.29 is 14.6 Å². The third-order valence-corrected chi connectivity index (χ3v) is 5.17. The smallest absolute Gasteiger partial charge is 0.158 e. The van der Waals surface area contributed by atoms with Crippen molar-refractivity contribution in [2.75, 3.05) is 5.32 Å². The highest BCUT2D eigenvalue weighted by atomic mass is 16.3. The summed E-state index contributed by atoms with van der Waals surface area (Å²) in [7, 11) is 0. The zero-order chi connectivity index (χ0) is 18.5. The number of rotatable bonds is 3. The second-order valence-electron chi connectivity index (χ2n) is 7.01. The number of aromatic nitrogens is 3. The fourth-order valence-electron chi connectivity index (χ4n) is 3.69. The number of aliphatic hydroxyl groups is 2. The Morgan fingerprint density at radius 1 is 1.15 bits per heavy atom. The molecule has 0 bridgehead atoms. The largest absolute Gasteiger partial charge is 0.454 e. The van der Waals surface area contributed by atoms with Gasteiger partial charge in [-0.2, -0.15) is 9.61 Å².